The molecule has 1 aromatic rings. The minimum absolute atomic E-state index is 0.0870. The Morgan fingerprint density at radius 1 is 1.19 bits per heavy atom. The van der Waals surface area contributed by atoms with Crippen molar-refractivity contribution >= 4 is 23.4 Å². The van der Waals surface area contributed by atoms with E-state index in [1.807, 2.05) is 29.2 Å². The number of ether oxygens (including phenoxy) is 1. The van der Waals surface area contributed by atoms with Crippen molar-refractivity contribution in [2.45, 2.75) is 64.5 Å². The number of nitrogens with one attached hydrogen (secondary N) is 1. The molecule has 1 aliphatic rings. The second kappa shape index (κ2) is 10.5. The summed E-state index contributed by atoms with van der Waals surface area (Å²) in [5.74, 6) is 1.71. The number of halogens is 1. The first-order valence-corrected chi connectivity index (χ1v) is 10.3. The third kappa shape index (κ3) is 6.73. The van der Waals surface area contributed by atoms with Crippen molar-refractivity contribution in [1.82, 2.24) is 10.2 Å². The molecule has 1 heterocycles. The fourth-order valence-corrected chi connectivity index (χ4v) is 3.29. The van der Waals surface area contributed by atoms with Gasteiger partial charge < -0.3 is 15.0 Å². The van der Waals surface area contributed by atoms with Gasteiger partial charge in [0.2, 0.25) is 5.91 Å². The normalized spacial score (nSPS) is 16.3. The Morgan fingerprint density at radius 2 is 1.81 bits per heavy atom. The van der Waals surface area contributed by atoms with Crippen LogP contribution < -0.4 is 10.1 Å². The molecule has 1 atom stereocenters. The first-order valence-electron chi connectivity index (χ1n) is 9.81. The first-order chi connectivity index (χ1) is 12.9. The summed E-state index contributed by atoms with van der Waals surface area (Å²) in [4.78, 5) is 26.3. The number of amides is 2. The minimum atomic E-state index is -0.557. The predicted octanol–water partition coefficient (Wildman–Crippen LogP) is 3.70. The van der Waals surface area contributed by atoms with Crippen molar-refractivity contribution in [1.29, 1.82) is 0 Å². The van der Waals surface area contributed by atoms with Gasteiger partial charge in [-0.15, -0.1) is 11.6 Å². The molecule has 5 nitrogen and oxygen atoms in total. The zero-order chi connectivity index (χ0) is 19.8. The number of hydrogen-bond acceptors (Lipinski definition) is 3. The lowest BCUT2D eigenvalue weighted by atomic mass is 10.0. The molecular formula is C21H31ClN2O3. The summed E-state index contributed by atoms with van der Waals surface area (Å²) in [5.41, 5.74) is 1.24. The molecule has 0 saturated carbocycles. The molecule has 1 aliphatic heterocycles. The van der Waals surface area contributed by atoms with Gasteiger partial charge in [0.15, 0.2) is 6.10 Å². The maximum absolute atomic E-state index is 12.4. The van der Waals surface area contributed by atoms with Crippen LogP contribution in [0.5, 0.6) is 5.75 Å². The van der Waals surface area contributed by atoms with Gasteiger partial charge in [-0.2, -0.15) is 0 Å². The summed E-state index contributed by atoms with van der Waals surface area (Å²) in [6.07, 6.45) is 2.20. The van der Waals surface area contributed by atoms with E-state index in [1.165, 1.54) is 5.56 Å². The standard InChI is InChI=1S/C21H31ClN2O3/c1-15(2)17-6-8-19(9-7-17)27-16(3)21(26)23-18-10-13-24(14-11-18)20(25)5-4-12-22/h6-9,15-16,18H,4-5,10-14H2,1-3H3,(H,23,26). The molecule has 0 aromatic heterocycles. The number of likely N-dealkylation sites (tertiary alicyclic amines) is 1. The molecule has 2 amide bonds. The highest BCUT2D eigenvalue weighted by molar-refractivity contribution is 6.17. The van der Waals surface area contributed by atoms with Crippen LogP contribution in [0.3, 0.4) is 0 Å². The second-order valence-electron chi connectivity index (χ2n) is 7.44. The number of piperidine rings is 1. The van der Waals surface area contributed by atoms with Crippen molar-refractivity contribution < 1.29 is 14.3 Å². The lowest BCUT2D eigenvalue weighted by molar-refractivity contribution is -0.132. The third-order valence-electron chi connectivity index (χ3n) is 4.95. The molecule has 2 rings (SSSR count). The summed E-state index contributed by atoms with van der Waals surface area (Å²) >= 11 is 5.64. The van der Waals surface area contributed by atoms with Gasteiger partial charge in [-0.1, -0.05) is 26.0 Å². The number of carbonyl (C=O) groups is 2. The molecule has 0 radical (unpaired) electrons. The van der Waals surface area contributed by atoms with Crippen molar-refractivity contribution in [3.8, 4) is 5.75 Å². The van der Waals surface area contributed by atoms with Crippen molar-refractivity contribution in [3.63, 3.8) is 0 Å². The molecule has 1 N–H and O–H groups in total. The Morgan fingerprint density at radius 3 is 2.37 bits per heavy atom. The van der Waals surface area contributed by atoms with Gasteiger partial charge in [0.1, 0.15) is 5.75 Å². The van der Waals surface area contributed by atoms with Crippen molar-refractivity contribution in [3.05, 3.63) is 29.8 Å². The molecule has 0 bridgehead atoms. The van der Waals surface area contributed by atoms with Gasteiger partial charge in [0, 0.05) is 31.4 Å². The molecule has 150 valence electrons. The fourth-order valence-electron chi connectivity index (χ4n) is 3.16. The molecule has 6 heteroatoms. The Balaban J connectivity index is 1.75. The van der Waals surface area contributed by atoms with E-state index >= 15 is 0 Å². The molecule has 1 fully saturated rings. The second-order valence-corrected chi connectivity index (χ2v) is 7.82. The molecule has 1 saturated heterocycles. The van der Waals surface area contributed by atoms with Crippen LogP contribution in [0.2, 0.25) is 0 Å². The summed E-state index contributed by atoms with van der Waals surface area (Å²) in [7, 11) is 0. The topological polar surface area (TPSA) is 58.6 Å². The van der Waals surface area contributed by atoms with E-state index in [4.69, 9.17) is 16.3 Å². The molecular weight excluding hydrogens is 364 g/mol. The summed E-state index contributed by atoms with van der Waals surface area (Å²) in [6, 6.07) is 7.96. The lowest BCUT2D eigenvalue weighted by Gasteiger charge is -2.33. The Hall–Kier alpha value is -1.75. The summed E-state index contributed by atoms with van der Waals surface area (Å²) in [5, 5.41) is 3.05. The number of nitrogens with zero attached hydrogens (tertiary/aromatic N) is 1. The van der Waals surface area contributed by atoms with E-state index < -0.39 is 6.10 Å². The van der Waals surface area contributed by atoms with E-state index in [9.17, 15) is 9.59 Å². The van der Waals surface area contributed by atoms with Crippen LogP contribution in [-0.4, -0.2) is 47.8 Å². The van der Waals surface area contributed by atoms with E-state index in [0.717, 1.165) is 12.8 Å². The van der Waals surface area contributed by atoms with Crippen LogP contribution in [-0.2, 0) is 9.59 Å². The highest BCUT2D eigenvalue weighted by Crippen LogP contribution is 2.19. The van der Waals surface area contributed by atoms with Gasteiger partial charge >= 0.3 is 0 Å². The van der Waals surface area contributed by atoms with E-state index in [-0.39, 0.29) is 17.9 Å². The van der Waals surface area contributed by atoms with Gasteiger partial charge in [0.05, 0.1) is 0 Å². The van der Waals surface area contributed by atoms with Crippen LogP contribution in [0.4, 0.5) is 0 Å². The Labute approximate surface area is 167 Å². The van der Waals surface area contributed by atoms with Crippen LogP contribution in [0.15, 0.2) is 24.3 Å². The Kier molecular flexibility index (Phi) is 8.42. The number of alkyl halides is 1. The first kappa shape index (κ1) is 21.5. The summed E-state index contributed by atoms with van der Waals surface area (Å²) < 4.78 is 5.77. The van der Waals surface area contributed by atoms with Crippen LogP contribution in [0, 0.1) is 0 Å². The SMILES string of the molecule is CC(Oc1ccc(C(C)C)cc1)C(=O)NC1CCN(C(=O)CCCCl)CC1. The smallest absolute Gasteiger partial charge is 0.260 e. The van der Waals surface area contributed by atoms with Gasteiger partial charge in [0.25, 0.3) is 5.91 Å². The monoisotopic (exact) mass is 394 g/mol. The fraction of sp³-hybridized carbons (Fsp3) is 0.619. The zero-order valence-electron chi connectivity index (χ0n) is 16.5. The molecule has 27 heavy (non-hydrogen) atoms. The number of hydrogen-bond donors (Lipinski definition) is 1. The minimum Gasteiger partial charge on any atom is -0.481 e. The third-order valence-corrected chi connectivity index (χ3v) is 5.21. The van der Waals surface area contributed by atoms with Crippen molar-refractivity contribution in [2.75, 3.05) is 19.0 Å². The lowest BCUT2D eigenvalue weighted by Crippen LogP contribution is -2.49. The molecule has 1 aromatic carbocycles. The average Bonchev–Trinajstić information content (AvgIpc) is 2.67. The largest absolute Gasteiger partial charge is 0.481 e. The average molecular weight is 395 g/mol. The van der Waals surface area contributed by atoms with Crippen LogP contribution in [0.1, 0.15) is 57.9 Å². The maximum atomic E-state index is 12.4. The van der Waals surface area contributed by atoms with Gasteiger partial charge in [-0.3, -0.25) is 9.59 Å². The number of rotatable bonds is 8. The molecule has 0 aliphatic carbocycles. The highest BCUT2D eigenvalue weighted by atomic mass is 35.5. The Bertz CT molecular complexity index is 610. The molecule has 1 unspecified atom stereocenters. The maximum Gasteiger partial charge on any atom is 0.260 e. The predicted molar refractivity (Wildman–Crippen MR) is 108 cm³/mol. The van der Waals surface area contributed by atoms with Crippen LogP contribution in [0.25, 0.3) is 0 Å². The van der Waals surface area contributed by atoms with Crippen molar-refractivity contribution in [2.24, 2.45) is 0 Å². The highest BCUT2D eigenvalue weighted by Gasteiger charge is 2.25. The van der Waals surface area contributed by atoms with E-state index in [1.54, 1.807) is 6.92 Å². The number of benzene rings is 1. The molecule has 0 spiro atoms. The van der Waals surface area contributed by atoms with Crippen LogP contribution >= 0.6 is 11.6 Å². The van der Waals surface area contributed by atoms with E-state index in [0.29, 0.717) is 43.5 Å². The van der Waals surface area contributed by atoms with Gasteiger partial charge in [-0.25, -0.2) is 0 Å². The number of carbonyl (C=O) groups excluding carboxylic acids is 2. The summed E-state index contributed by atoms with van der Waals surface area (Å²) in [6.45, 7) is 7.40. The quantitative estimate of drug-likeness (QED) is 0.684. The zero-order valence-corrected chi connectivity index (χ0v) is 17.3. The van der Waals surface area contributed by atoms with Gasteiger partial charge in [-0.05, 0) is 49.8 Å². The van der Waals surface area contributed by atoms with E-state index in [2.05, 4.69) is 19.2 Å².